The fourth-order valence-corrected chi connectivity index (χ4v) is 3.64. The Balaban J connectivity index is 1.95. The Bertz CT molecular complexity index is 725. The summed E-state index contributed by atoms with van der Waals surface area (Å²) in [5, 5.41) is 13.1. The standard InChI is InChI=1S/C15H18N2O4S2/c18-10-9-16-15(19)12-3-5-14(6-4-12)23(20,21)17-8-7-13-2-1-11-22-13/h1-6,11,17-18H,7-10H2,(H,16,19). The van der Waals surface area contributed by atoms with Crippen molar-refractivity contribution >= 4 is 27.3 Å². The maximum absolute atomic E-state index is 12.2. The Morgan fingerprint density at radius 1 is 1.13 bits per heavy atom. The molecule has 2 rings (SSSR count). The van der Waals surface area contributed by atoms with Crippen molar-refractivity contribution in [2.24, 2.45) is 0 Å². The van der Waals surface area contributed by atoms with Crippen LogP contribution < -0.4 is 10.0 Å². The van der Waals surface area contributed by atoms with Crippen molar-refractivity contribution in [1.82, 2.24) is 10.0 Å². The van der Waals surface area contributed by atoms with Crippen LogP contribution >= 0.6 is 11.3 Å². The first-order chi connectivity index (χ1) is 11.0. The minimum atomic E-state index is -3.59. The van der Waals surface area contributed by atoms with E-state index in [1.165, 1.54) is 24.3 Å². The molecular formula is C15H18N2O4S2. The third kappa shape index (κ3) is 5.14. The molecule has 0 fully saturated rings. The van der Waals surface area contributed by atoms with Crippen LogP contribution in [0.2, 0.25) is 0 Å². The van der Waals surface area contributed by atoms with Gasteiger partial charge in [-0.05, 0) is 42.1 Å². The number of amides is 1. The van der Waals surface area contributed by atoms with E-state index in [0.29, 0.717) is 18.5 Å². The van der Waals surface area contributed by atoms with Crippen molar-refractivity contribution in [1.29, 1.82) is 0 Å². The van der Waals surface area contributed by atoms with Gasteiger partial charge in [-0.1, -0.05) is 6.07 Å². The summed E-state index contributed by atoms with van der Waals surface area (Å²) < 4.78 is 26.9. The third-order valence-corrected chi connectivity index (χ3v) is 5.48. The highest BCUT2D eigenvalue weighted by molar-refractivity contribution is 7.89. The van der Waals surface area contributed by atoms with Crippen LogP contribution in [0.1, 0.15) is 15.2 Å². The molecule has 6 nitrogen and oxygen atoms in total. The average molecular weight is 354 g/mol. The van der Waals surface area contributed by atoms with Gasteiger partial charge in [0.25, 0.3) is 5.91 Å². The predicted molar refractivity (Wildman–Crippen MR) is 89.1 cm³/mol. The van der Waals surface area contributed by atoms with E-state index < -0.39 is 10.0 Å². The summed E-state index contributed by atoms with van der Waals surface area (Å²) >= 11 is 1.58. The molecule has 0 bridgehead atoms. The second kappa shape index (κ2) is 8.21. The van der Waals surface area contributed by atoms with E-state index in [1.807, 2.05) is 17.5 Å². The molecule has 0 radical (unpaired) electrons. The lowest BCUT2D eigenvalue weighted by molar-refractivity contribution is 0.0944. The number of sulfonamides is 1. The summed E-state index contributed by atoms with van der Waals surface area (Å²) in [5.74, 6) is -0.353. The van der Waals surface area contributed by atoms with Gasteiger partial charge in [-0.25, -0.2) is 13.1 Å². The molecule has 0 saturated heterocycles. The molecule has 1 heterocycles. The second-order valence-corrected chi connectivity index (χ2v) is 7.53. The van der Waals surface area contributed by atoms with Crippen LogP contribution in [0.3, 0.4) is 0 Å². The normalized spacial score (nSPS) is 11.3. The molecule has 1 aromatic carbocycles. The molecule has 0 aliphatic rings. The summed E-state index contributed by atoms with van der Waals surface area (Å²) in [7, 11) is -3.59. The number of carbonyl (C=O) groups excluding carboxylic acids is 1. The summed E-state index contributed by atoms with van der Waals surface area (Å²) in [6.07, 6.45) is 0.637. The number of hydrogen-bond donors (Lipinski definition) is 3. The molecule has 0 aliphatic carbocycles. The van der Waals surface area contributed by atoms with Crippen LogP contribution in [0.15, 0.2) is 46.7 Å². The Kier molecular flexibility index (Phi) is 6.28. The number of aliphatic hydroxyl groups is 1. The van der Waals surface area contributed by atoms with E-state index in [4.69, 9.17) is 5.11 Å². The highest BCUT2D eigenvalue weighted by Gasteiger charge is 2.14. The van der Waals surface area contributed by atoms with Crippen LogP contribution in [-0.4, -0.2) is 39.1 Å². The topological polar surface area (TPSA) is 95.5 Å². The first-order valence-corrected chi connectivity index (χ1v) is 9.40. The lowest BCUT2D eigenvalue weighted by Gasteiger charge is -2.07. The smallest absolute Gasteiger partial charge is 0.251 e. The SMILES string of the molecule is O=C(NCCO)c1ccc(S(=O)(=O)NCCc2cccs2)cc1. The van der Waals surface area contributed by atoms with Gasteiger partial charge in [-0.3, -0.25) is 4.79 Å². The fourth-order valence-electron chi connectivity index (χ4n) is 1.90. The van der Waals surface area contributed by atoms with Gasteiger partial charge in [0.1, 0.15) is 0 Å². The highest BCUT2D eigenvalue weighted by atomic mass is 32.2. The molecular weight excluding hydrogens is 336 g/mol. The first-order valence-electron chi connectivity index (χ1n) is 7.04. The minimum Gasteiger partial charge on any atom is -0.395 e. The van der Waals surface area contributed by atoms with E-state index in [9.17, 15) is 13.2 Å². The molecule has 0 spiro atoms. The molecule has 0 unspecified atom stereocenters. The number of benzene rings is 1. The molecule has 1 amide bonds. The molecule has 0 atom stereocenters. The molecule has 0 saturated carbocycles. The lowest BCUT2D eigenvalue weighted by Crippen LogP contribution is -2.27. The van der Waals surface area contributed by atoms with E-state index >= 15 is 0 Å². The van der Waals surface area contributed by atoms with Gasteiger partial charge in [0.15, 0.2) is 0 Å². The van der Waals surface area contributed by atoms with Crippen molar-refractivity contribution in [2.45, 2.75) is 11.3 Å². The number of thiophene rings is 1. The Hall–Kier alpha value is -1.74. The van der Waals surface area contributed by atoms with Crippen molar-refractivity contribution in [3.05, 3.63) is 52.2 Å². The fraction of sp³-hybridized carbons (Fsp3) is 0.267. The molecule has 1 aromatic heterocycles. The summed E-state index contributed by atoms with van der Waals surface area (Å²) in [6, 6.07) is 9.55. The molecule has 3 N–H and O–H groups in total. The van der Waals surface area contributed by atoms with E-state index in [0.717, 1.165) is 4.88 Å². The van der Waals surface area contributed by atoms with E-state index in [2.05, 4.69) is 10.0 Å². The van der Waals surface area contributed by atoms with Gasteiger partial charge in [-0.15, -0.1) is 11.3 Å². The second-order valence-electron chi connectivity index (χ2n) is 4.73. The van der Waals surface area contributed by atoms with Crippen molar-refractivity contribution in [3.8, 4) is 0 Å². The van der Waals surface area contributed by atoms with Crippen LogP contribution in [-0.2, 0) is 16.4 Å². The number of nitrogens with one attached hydrogen (secondary N) is 2. The molecule has 2 aromatic rings. The largest absolute Gasteiger partial charge is 0.395 e. The lowest BCUT2D eigenvalue weighted by atomic mass is 10.2. The minimum absolute atomic E-state index is 0.113. The summed E-state index contributed by atoms with van der Waals surface area (Å²) in [4.78, 5) is 12.9. The molecule has 0 aliphatic heterocycles. The zero-order valence-electron chi connectivity index (χ0n) is 12.4. The van der Waals surface area contributed by atoms with Gasteiger partial charge in [0, 0.05) is 23.5 Å². The monoisotopic (exact) mass is 354 g/mol. The maximum atomic E-state index is 12.2. The number of carbonyl (C=O) groups is 1. The zero-order chi connectivity index (χ0) is 16.7. The van der Waals surface area contributed by atoms with E-state index in [-0.39, 0.29) is 24.0 Å². The highest BCUT2D eigenvalue weighted by Crippen LogP contribution is 2.12. The van der Waals surface area contributed by atoms with Gasteiger partial charge < -0.3 is 10.4 Å². The van der Waals surface area contributed by atoms with Gasteiger partial charge >= 0.3 is 0 Å². The van der Waals surface area contributed by atoms with Crippen LogP contribution in [0.4, 0.5) is 0 Å². The number of hydrogen-bond acceptors (Lipinski definition) is 5. The first kappa shape index (κ1) is 17.6. The van der Waals surface area contributed by atoms with Gasteiger partial charge in [0.05, 0.1) is 11.5 Å². The van der Waals surface area contributed by atoms with Crippen molar-refractivity contribution in [3.63, 3.8) is 0 Å². The number of rotatable bonds is 8. The molecule has 124 valence electrons. The van der Waals surface area contributed by atoms with E-state index in [1.54, 1.807) is 11.3 Å². The number of aliphatic hydroxyl groups excluding tert-OH is 1. The van der Waals surface area contributed by atoms with Crippen LogP contribution in [0.5, 0.6) is 0 Å². The molecule has 23 heavy (non-hydrogen) atoms. The van der Waals surface area contributed by atoms with Gasteiger partial charge in [-0.2, -0.15) is 0 Å². The van der Waals surface area contributed by atoms with Crippen molar-refractivity contribution in [2.75, 3.05) is 19.7 Å². The maximum Gasteiger partial charge on any atom is 0.251 e. The Morgan fingerprint density at radius 3 is 2.48 bits per heavy atom. The van der Waals surface area contributed by atoms with Crippen LogP contribution in [0.25, 0.3) is 0 Å². The quantitative estimate of drug-likeness (QED) is 0.659. The Labute approximate surface area is 139 Å². The molecule has 8 heteroatoms. The summed E-state index contributed by atoms with van der Waals surface area (Å²) in [6.45, 7) is 0.330. The van der Waals surface area contributed by atoms with Gasteiger partial charge in [0.2, 0.25) is 10.0 Å². The average Bonchev–Trinajstić information content (AvgIpc) is 3.06. The summed E-state index contributed by atoms with van der Waals surface area (Å²) in [5.41, 5.74) is 0.344. The van der Waals surface area contributed by atoms with Crippen molar-refractivity contribution < 1.29 is 18.3 Å². The van der Waals surface area contributed by atoms with Crippen LogP contribution in [0, 0.1) is 0 Å². The Morgan fingerprint density at radius 2 is 1.87 bits per heavy atom. The third-order valence-electron chi connectivity index (χ3n) is 3.07. The predicted octanol–water partition coefficient (Wildman–Crippen LogP) is 0.991. The zero-order valence-corrected chi connectivity index (χ0v) is 14.0.